The van der Waals surface area contributed by atoms with Crippen molar-refractivity contribution in [2.24, 2.45) is 0 Å². The standard InChI is InChI=1S/C59H101NO8/c1-3-5-7-9-11-12-13-14-15-16-17-18-19-20-21-22-23-24-25-26-27-28-29-30-31-32-33-34-35-36-37-38-39-40-41-42-43-45-47-49-55(63)60-52(53(62)48-46-44-10-8-6-4-2)51-67-59-58(66)57(65)56(64)54(50-61)68-59/h5,7,11-12,14-15,17-18,20-21,23-24,26-27,29-30,52-54,56-59,61-62,64-66H,3-4,6,8-10,13,16,19,22,25,28,31-51H2,1-2H3,(H,60,63)/b7-5-,12-11-,15-14-,18-17-,21-20-,24-23-,27-26-,30-29-. The van der Waals surface area contributed by atoms with Gasteiger partial charge >= 0.3 is 0 Å². The van der Waals surface area contributed by atoms with E-state index in [1.807, 2.05) is 0 Å². The third-order valence-electron chi connectivity index (χ3n) is 12.5. The summed E-state index contributed by atoms with van der Waals surface area (Å²) < 4.78 is 11.2. The van der Waals surface area contributed by atoms with Crippen molar-refractivity contribution in [3.63, 3.8) is 0 Å². The number of rotatable bonds is 45. The Bertz CT molecular complexity index is 1380. The normalized spacial score (nSPS) is 20.4. The summed E-state index contributed by atoms with van der Waals surface area (Å²) in [5.74, 6) is -0.154. The summed E-state index contributed by atoms with van der Waals surface area (Å²) in [6, 6.07) is -0.720. The highest BCUT2D eigenvalue weighted by Crippen LogP contribution is 2.23. The number of carbonyl (C=O) groups excluding carboxylic acids is 1. The van der Waals surface area contributed by atoms with Gasteiger partial charge in [-0.05, 0) is 77.0 Å². The van der Waals surface area contributed by atoms with E-state index in [1.54, 1.807) is 0 Å². The Kier molecular flexibility index (Phi) is 44.3. The maximum Gasteiger partial charge on any atom is 0.220 e. The third-order valence-corrected chi connectivity index (χ3v) is 12.5. The number of amides is 1. The second kappa shape index (κ2) is 47.8. The van der Waals surface area contributed by atoms with Gasteiger partial charge in [0.05, 0.1) is 25.4 Å². The minimum absolute atomic E-state index is 0.143. The van der Waals surface area contributed by atoms with E-state index in [4.69, 9.17) is 9.47 Å². The molecule has 0 aromatic carbocycles. The summed E-state index contributed by atoms with van der Waals surface area (Å²) in [4.78, 5) is 12.9. The lowest BCUT2D eigenvalue weighted by molar-refractivity contribution is -0.302. The molecule has 0 saturated carbocycles. The molecule has 0 spiro atoms. The van der Waals surface area contributed by atoms with Crippen LogP contribution in [0.1, 0.15) is 213 Å². The molecular formula is C59H101NO8. The van der Waals surface area contributed by atoms with E-state index >= 15 is 0 Å². The Balaban J connectivity index is 2.03. The number of unbranched alkanes of at least 4 members (excludes halogenated alkanes) is 19. The van der Waals surface area contributed by atoms with Crippen LogP contribution in [0.4, 0.5) is 0 Å². The Morgan fingerprint density at radius 3 is 1.35 bits per heavy atom. The van der Waals surface area contributed by atoms with Crippen molar-refractivity contribution in [1.29, 1.82) is 0 Å². The lowest BCUT2D eigenvalue weighted by atomic mass is 9.99. The summed E-state index contributed by atoms with van der Waals surface area (Å²) in [5.41, 5.74) is 0. The van der Waals surface area contributed by atoms with Gasteiger partial charge in [0.2, 0.25) is 5.91 Å². The van der Waals surface area contributed by atoms with E-state index in [9.17, 15) is 30.3 Å². The molecule has 1 amide bonds. The van der Waals surface area contributed by atoms with Crippen molar-refractivity contribution in [2.45, 2.75) is 256 Å². The van der Waals surface area contributed by atoms with Crippen LogP contribution in [0.15, 0.2) is 97.2 Å². The van der Waals surface area contributed by atoms with Crippen molar-refractivity contribution in [3.05, 3.63) is 97.2 Å². The van der Waals surface area contributed by atoms with Crippen LogP contribution in [0.5, 0.6) is 0 Å². The first-order valence-electron chi connectivity index (χ1n) is 27.4. The smallest absolute Gasteiger partial charge is 0.220 e. The summed E-state index contributed by atoms with van der Waals surface area (Å²) in [6.07, 6.45) is 62.0. The molecule has 1 aliphatic rings. The van der Waals surface area contributed by atoms with E-state index in [-0.39, 0.29) is 12.5 Å². The molecule has 7 atom stereocenters. The molecule has 0 radical (unpaired) electrons. The van der Waals surface area contributed by atoms with Crippen molar-refractivity contribution in [2.75, 3.05) is 13.2 Å². The second-order valence-corrected chi connectivity index (χ2v) is 18.6. The van der Waals surface area contributed by atoms with Crippen LogP contribution in [-0.2, 0) is 14.3 Å². The zero-order valence-electron chi connectivity index (χ0n) is 43.1. The molecule has 0 bridgehead atoms. The summed E-state index contributed by atoms with van der Waals surface area (Å²) in [7, 11) is 0. The summed E-state index contributed by atoms with van der Waals surface area (Å²) in [6.45, 7) is 3.64. The summed E-state index contributed by atoms with van der Waals surface area (Å²) >= 11 is 0. The van der Waals surface area contributed by atoms with Crippen molar-refractivity contribution in [1.82, 2.24) is 5.32 Å². The van der Waals surface area contributed by atoms with E-state index in [0.717, 1.165) is 89.9 Å². The number of hydrogen-bond acceptors (Lipinski definition) is 8. The molecule has 0 aliphatic carbocycles. The fraction of sp³-hybridized carbons (Fsp3) is 0.712. The molecule has 9 nitrogen and oxygen atoms in total. The van der Waals surface area contributed by atoms with Gasteiger partial charge in [-0.2, -0.15) is 0 Å². The Morgan fingerprint density at radius 1 is 0.515 bits per heavy atom. The van der Waals surface area contributed by atoms with Gasteiger partial charge in [-0.1, -0.05) is 227 Å². The molecule has 1 rings (SSSR count). The number of carbonyl (C=O) groups is 1. The highest BCUT2D eigenvalue weighted by Gasteiger charge is 2.44. The van der Waals surface area contributed by atoms with Crippen molar-refractivity contribution < 1.29 is 39.8 Å². The zero-order valence-corrected chi connectivity index (χ0v) is 43.1. The first-order valence-corrected chi connectivity index (χ1v) is 27.4. The zero-order chi connectivity index (χ0) is 49.4. The van der Waals surface area contributed by atoms with Crippen LogP contribution < -0.4 is 5.32 Å². The predicted molar refractivity (Wildman–Crippen MR) is 285 cm³/mol. The minimum Gasteiger partial charge on any atom is -0.394 e. The molecule has 390 valence electrons. The maximum atomic E-state index is 12.9. The quantitative estimate of drug-likeness (QED) is 0.0261. The average Bonchev–Trinajstić information content (AvgIpc) is 3.34. The van der Waals surface area contributed by atoms with Gasteiger partial charge in [-0.3, -0.25) is 4.79 Å². The highest BCUT2D eigenvalue weighted by molar-refractivity contribution is 5.76. The molecule has 0 aromatic rings. The number of aliphatic hydroxyl groups excluding tert-OH is 5. The molecule has 0 aromatic heterocycles. The number of nitrogens with one attached hydrogen (secondary N) is 1. The predicted octanol–water partition coefficient (Wildman–Crippen LogP) is 13.2. The van der Waals surface area contributed by atoms with Crippen LogP contribution in [-0.4, -0.2) is 87.5 Å². The van der Waals surface area contributed by atoms with Gasteiger partial charge in [0.15, 0.2) is 6.29 Å². The van der Waals surface area contributed by atoms with Gasteiger partial charge in [0.1, 0.15) is 24.4 Å². The highest BCUT2D eigenvalue weighted by atomic mass is 16.7. The molecule has 1 fully saturated rings. The van der Waals surface area contributed by atoms with Gasteiger partial charge < -0.3 is 40.3 Å². The molecule has 1 heterocycles. The fourth-order valence-electron chi connectivity index (χ4n) is 8.12. The van der Waals surface area contributed by atoms with E-state index in [0.29, 0.717) is 12.8 Å². The number of hydrogen-bond donors (Lipinski definition) is 6. The molecule has 6 N–H and O–H groups in total. The van der Waals surface area contributed by atoms with E-state index < -0.39 is 49.5 Å². The minimum atomic E-state index is -1.55. The van der Waals surface area contributed by atoms with Crippen molar-refractivity contribution in [3.8, 4) is 0 Å². The van der Waals surface area contributed by atoms with Gasteiger partial charge in [0, 0.05) is 6.42 Å². The lowest BCUT2D eigenvalue weighted by Crippen LogP contribution is -2.60. The molecule has 9 heteroatoms. The van der Waals surface area contributed by atoms with Gasteiger partial charge in [0.25, 0.3) is 0 Å². The molecule has 7 unspecified atom stereocenters. The molecule has 68 heavy (non-hydrogen) atoms. The lowest BCUT2D eigenvalue weighted by Gasteiger charge is -2.40. The van der Waals surface area contributed by atoms with Crippen LogP contribution >= 0.6 is 0 Å². The van der Waals surface area contributed by atoms with Crippen LogP contribution in [0, 0.1) is 0 Å². The van der Waals surface area contributed by atoms with Gasteiger partial charge in [-0.25, -0.2) is 0 Å². The van der Waals surface area contributed by atoms with E-state index in [1.165, 1.54) is 96.3 Å². The largest absolute Gasteiger partial charge is 0.394 e. The van der Waals surface area contributed by atoms with Crippen LogP contribution in [0.3, 0.4) is 0 Å². The molecule has 1 saturated heterocycles. The average molecular weight is 952 g/mol. The van der Waals surface area contributed by atoms with E-state index in [2.05, 4.69) is 116 Å². The number of allylic oxidation sites excluding steroid dienone is 16. The topological polar surface area (TPSA) is 149 Å². The molecular weight excluding hydrogens is 851 g/mol. The molecule has 1 aliphatic heterocycles. The first-order chi connectivity index (χ1) is 33.3. The number of aliphatic hydroxyl groups is 5. The number of ether oxygens (including phenoxy) is 2. The Labute approximate surface area is 415 Å². The monoisotopic (exact) mass is 952 g/mol. The van der Waals surface area contributed by atoms with Crippen LogP contribution in [0.2, 0.25) is 0 Å². The third kappa shape index (κ3) is 37.0. The van der Waals surface area contributed by atoms with Crippen molar-refractivity contribution >= 4 is 5.91 Å². The van der Waals surface area contributed by atoms with Gasteiger partial charge in [-0.15, -0.1) is 0 Å². The second-order valence-electron chi connectivity index (χ2n) is 18.6. The maximum absolute atomic E-state index is 12.9. The summed E-state index contributed by atoms with van der Waals surface area (Å²) in [5, 5.41) is 54.1. The fourth-order valence-corrected chi connectivity index (χ4v) is 8.12. The first kappa shape index (κ1) is 63.1. The Hall–Kier alpha value is -2.89. The van der Waals surface area contributed by atoms with Crippen LogP contribution in [0.25, 0.3) is 0 Å². The SMILES string of the molecule is CC/C=C\C/C=C\C/C=C\C/C=C\C/C=C\C/C=C\C/C=C\C/C=C\CCCCCCCCCCCCCCCCC(=O)NC(COC1OC(CO)C(O)C(O)C1O)C(O)CCCCCCCC. The Morgan fingerprint density at radius 2 is 0.912 bits per heavy atom.